The average molecular weight is 371 g/mol. The molecule has 0 spiro atoms. The highest BCUT2D eigenvalue weighted by molar-refractivity contribution is 5.95. The number of nitrogens with zero attached hydrogens (tertiary/aromatic N) is 2. The molecule has 0 saturated carbocycles. The van der Waals surface area contributed by atoms with Gasteiger partial charge in [-0.15, -0.1) is 0 Å². The summed E-state index contributed by atoms with van der Waals surface area (Å²) in [6.45, 7) is 6.72. The van der Waals surface area contributed by atoms with Gasteiger partial charge in [-0.3, -0.25) is 9.59 Å². The van der Waals surface area contributed by atoms with Gasteiger partial charge in [-0.1, -0.05) is 6.42 Å². The Morgan fingerprint density at radius 3 is 2.89 bits per heavy atom. The fourth-order valence-corrected chi connectivity index (χ4v) is 3.67. The number of hydrogen-bond donors (Lipinski definition) is 1. The maximum absolute atomic E-state index is 12.6. The topological polar surface area (TPSA) is 67.5 Å². The number of amides is 2. The molecular formula is C21H29N3O3. The summed E-state index contributed by atoms with van der Waals surface area (Å²) in [5.41, 5.74) is 2.67. The van der Waals surface area contributed by atoms with Crippen LogP contribution in [0.4, 0.5) is 0 Å². The lowest BCUT2D eigenvalue weighted by Crippen LogP contribution is -2.34. The summed E-state index contributed by atoms with van der Waals surface area (Å²) in [5.74, 6) is 1.06. The highest BCUT2D eigenvalue weighted by Gasteiger charge is 2.18. The van der Waals surface area contributed by atoms with Gasteiger partial charge in [0.05, 0.1) is 18.4 Å². The van der Waals surface area contributed by atoms with Gasteiger partial charge in [-0.05, 0) is 51.3 Å². The van der Waals surface area contributed by atoms with Crippen LogP contribution in [0.2, 0.25) is 0 Å². The van der Waals surface area contributed by atoms with E-state index in [1.165, 1.54) is 0 Å². The first-order valence-electron chi connectivity index (χ1n) is 9.81. The van der Waals surface area contributed by atoms with Gasteiger partial charge in [-0.2, -0.15) is 0 Å². The third-order valence-electron chi connectivity index (χ3n) is 5.27. The van der Waals surface area contributed by atoms with Crippen molar-refractivity contribution in [2.45, 2.75) is 52.5 Å². The molecule has 1 aliphatic heterocycles. The van der Waals surface area contributed by atoms with E-state index >= 15 is 0 Å². The molecule has 1 fully saturated rings. The van der Waals surface area contributed by atoms with Crippen LogP contribution in [-0.2, 0) is 11.3 Å². The van der Waals surface area contributed by atoms with Crippen LogP contribution in [0.3, 0.4) is 0 Å². The van der Waals surface area contributed by atoms with E-state index in [0.717, 1.165) is 55.9 Å². The van der Waals surface area contributed by atoms with E-state index in [-0.39, 0.29) is 11.8 Å². The molecular weight excluding hydrogens is 342 g/mol. The largest absolute Gasteiger partial charge is 0.467 e. The number of nitrogens with one attached hydrogen (secondary N) is 1. The van der Waals surface area contributed by atoms with Crippen molar-refractivity contribution in [3.05, 3.63) is 47.2 Å². The van der Waals surface area contributed by atoms with E-state index < -0.39 is 0 Å². The van der Waals surface area contributed by atoms with Gasteiger partial charge >= 0.3 is 0 Å². The van der Waals surface area contributed by atoms with Gasteiger partial charge in [0.1, 0.15) is 5.76 Å². The molecule has 1 saturated heterocycles. The number of likely N-dealkylation sites (tertiary alicyclic amines) is 1. The second kappa shape index (κ2) is 8.93. The van der Waals surface area contributed by atoms with Crippen LogP contribution in [0.25, 0.3) is 0 Å². The minimum Gasteiger partial charge on any atom is -0.467 e. The Hall–Kier alpha value is -2.50. The predicted octanol–water partition coefficient (Wildman–Crippen LogP) is 3.27. The summed E-state index contributed by atoms with van der Waals surface area (Å²) in [4.78, 5) is 26.5. The number of hydrogen-bond acceptors (Lipinski definition) is 3. The molecule has 6 nitrogen and oxygen atoms in total. The molecule has 3 rings (SSSR count). The van der Waals surface area contributed by atoms with Crippen LogP contribution in [-0.4, -0.2) is 40.9 Å². The van der Waals surface area contributed by atoms with Crippen molar-refractivity contribution in [2.75, 3.05) is 19.6 Å². The maximum Gasteiger partial charge on any atom is 0.253 e. The lowest BCUT2D eigenvalue weighted by molar-refractivity contribution is -0.130. The molecule has 0 radical (unpaired) electrons. The zero-order valence-electron chi connectivity index (χ0n) is 16.3. The minimum absolute atomic E-state index is 0.0593. The molecule has 2 amide bonds. The van der Waals surface area contributed by atoms with E-state index in [1.54, 1.807) is 6.26 Å². The third kappa shape index (κ3) is 4.81. The summed E-state index contributed by atoms with van der Waals surface area (Å²) in [7, 11) is 0. The second-order valence-corrected chi connectivity index (χ2v) is 7.25. The highest BCUT2D eigenvalue weighted by Crippen LogP contribution is 2.17. The van der Waals surface area contributed by atoms with Gasteiger partial charge in [0, 0.05) is 37.4 Å². The van der Waals surface area contributed by atoms with Crippen molar-refractivity contribution >= 4 is 11.8 Å². The Morgan fingerprint density at radius 2 is 2.11 bits per heavy atom. The zero-order chi connectivity index (χ0) is 19.2. The van der Waals surface area contributed by atoms with Crippen LogP contribution in [0.1, 0.15) is 59.6 Å². The molecule has 1 aliphatic rings. The Bertz CT molecular complexity index is 777. The lowest BCUT2D eigenvalue weighted by atomic mass is 10.2. The number of carbonyl (C=O) groups excluding carboxylic acids is 2. The van der Waals surface area contributed by atoms with Crippen molar-refractivity contribution in [3.63, 3.8) is 0 Å². The summed E-state index contributed by atoms with van der Waals surface area (Å²) in [6.07, 6.45) is 6.31. The summed E-state index contributed by atoms with van der Waals surface area (Å²) in [5, 5.41) is 3.00. The average Bonchev–Trinajstić information content (AvgIpc) is 3.20. The predicted molar refractivity (Wildman–Crippen MR) is 104 cm³/mol. The first-order valence-corrected chi connectivity index (χ1v) is 9.81. The van der Waals surface area contributed by atoms with E-state index in [1.807, 2.05) is 36.9 Å². The van der Waals surface area contributed by atoms with Gasteiger partial charge in [-0.25, -0.2) is 0 Å². The Morgan fingerprint density at radius 1 is 1.26 bits per heavy atom. The van der Waals surface area contributed by atoms with Gasteiger partial charge in [0.15, 0.2) is 0 Å². The smallest absolute Gasteiger partial charge is 0.253 e. The normalized spacial score (nSPS) is 15.0. The monoisotopic (exact) mass is 371 g/mol. The van der Waals surface area contributed by atoms with Crippen molar-refractivity contribution in [1.29, 1.82) is 0 Å². The number of aryl methyl sites for hydroxylation is 1. The molecule has 0 atom stereocenters. The molecule has 0 bridgehead atoms. The van der Waals surface area contributed by atoms with Crippen LogP contribution < -0.4 is 5.32 Å². The van der Waals surface area contributed by atoms with Crippen LogP contribution >= 0.6 is 0 Å². The zero-order valence-corrected chi connectivity index (χ0v) is 16.3. The molecule has 3 heterocycles. The van der Waals surface area contributed by atoms with Crippen molar-refractivity contribution < 1.29 is 14.0 Å². The van der Waals surface area contributed by atoms with E-state index in [2.05, 4.69) is 9.88 Å². The van der Waals surface area contributed by atoms with Gasteiger partial charge in [0.2, 0.25) is 5.91 Å². The summed E-state index contributed by atoms with van der Waals surface area (Å²) in [6, 6.07) is 5.72. The molecule has 0 aromatic carbocycles. The molecule has 0 aliphatic carbocycles. The first-order chi connectivity index (χ1) is 13.1. The molecule has 1 N–H and O–H groups in total. The fourth-order valence-electron chi connectivity index (χ4n) is 3.67. The standard InChI is InChI=1S/C21H29N3O3/c1-16-14-19(17(2)24(16)15-18-8-6-13-27-18)21(26)22-10-7-12-23-11-5-3-4-9-20(23)25/h6,8,13-14H,3-5,7,9-12,15H2,1-2H3,(H,22,26). The molecule has 27 heavy (non-hydrogen) atoms. The Balaban J connectivity index is 1.51. The molecule has 146 valence electrons. The molecule has 0 unspecified atom stereocenters. The number of aromatic nitrogens is 1. The summed E-state index contributed by atoms with van der Waals surface area (Å²) < 4.78 is 7.51. The SMILES string of the molecule is Cc1cc(C(=O)NCCCN2CCCCCC2=O)c(C)n1Cc1ccco1. The molecule has 6 heteroatoms. The van der Waals surface area contributed by atoms with Crippen molar-refractivity contribution in [3.8, 4) is 0 Å². The van der Waals surface area contributed by atoms with Gasteiger partial charge in [0.25, 0.3) is 5.91 Å². The maximum atomic E-state index is 12.6. The van der Waals surface area contributed by atoms with E-state index in [9.17, 15) is 9.59 Å². The number of furan rings is 1. The highest BCUT2D eigenvalue weighted by atomic mass is 16.3. The second-order valence-electron chi connectivity index (χ2n) is 7.25. The van der Waals surface area contributed by atoms with E-state index in [4.69, 9.17) is 4.42 Å². The minimum atomic E-state index is -0.0593. The van der Waals surface area contributed by atoms with Gasteiger partial charge < -0.3 is 19.2 Å². The first kappa shape index (κ1) is 19.3. The Labute approximate surface area is 160 Å². The van der Waals surface area contributed by atoms with Crippen molar-refractivity contribution in [1.82, 2.24) is 14.8 Å². The third-order valence-corrected chi connectivity index (χ3v) is 5.27. The van der Waals surface area contributed by atoms with Crippen LogP contribution in [0.15, 0.2) is 28.9 Å². The summed E-state index contributed by atoms with van der Waals surface area (Å²) >= 11 is 0. The van der Waals surface area contributed by atoms with Crippen LogP contribution in [0.5, 0.6) is 0 Å². The molecule has 2 aromatic rings. The number of rotatable bonds is 7. The van der Waals surface area contributed by atoms with Crippen molar-refractivity contribution in [2.24, 2.45) is 0 Å². The lowest BCUT2D eigenvalue weighted by Gasteiger charge is -2.20. The number of carbonyl (C=O) groups is 2. The fraction of sp³-hybridized carbons (Fsp3) is 0.524. The Kier molecular flexibility index (Phi) is 6.37. The van der Waals surface area contributed by atoms with E-state index in [0.29, 0.717) is 25.1 Å². The van der Waals surface area contributed by atoms with Crippen LogP contribution in [0, 0.1) is 13.8 Å². The molecule has 2 aromatic heterocycles. The quantitative estimate of drug-likeness (QED) is 0.760.